The smallest absolute Gasteiger partial charge is 0.429 e. The minimum absolute atomic E-state index is 0.0475. The van der Waals surface area contributed by atoms with Gasteiger partial charge in [-0.05, 0) is 41.5 Å². The van der Waals surface area contributed by atoms with Gasteiger partial charge < -0.3 is 34.0 Å². The maximum absolute atomic E-state index is 13.1. The van der Waals surface area contributed by atoms with Gasteiger partial charge in [-0.3, -0.25) is 13.6 Å². The first kappa shape index (κ1) is 29.2. The molecule has 2 rings (SSSR count). The van der Waals surface area contributed by atoms with E-state index in [-0.39, 0.29) is 19.0 Å². The van der Waals surface area contributed by atoms with Crippen LogP contribution in [0.1, 0.15) is 41.5 Å². The van der Waals surface area contributed by atoms with Crippen molar-refractivity contribution < 1.29 is 46.9 Å². The summed E-state index contributed by atoms with van der Waals surface area (Å²) in [5.74, 6) is 0.237. The maximum atomic E-state index is 13.1. The molecule has 16 heteroatoms. The normalized spacial score (nSPS) is 12.4. The summed E-state index contributed by atoms with van der Waals surface area (Å²) in [5.41, 5.74) is 5.11. The van der Waals surface area contributed by atoms with E-state index in [0.29, 0.717) is 11.2 Å². The second kappa shape index (κ2) is 12.3. The number of nitrogens with two attached hydrogens (primary N) is 1. The average Bonchev–Trinajstić information content (AvgIpc) is 3.13. The minimum Gasteiger partial charge on any atom is -0.429 e. The highest BCUT2D eigenvalue weighted by molar-refractivity contribution is 7.53. The van der Waals surface area contributed by atoms with Crippen LogP contribution in [0.15, 0.2) is 12.7 Å². The molecule has 0 amide bonds. The molecule has 202 valence electrons. The molecule has 0 aliphatic carbocycles. The van der Waals surface area contributed by atoms with Gasteiger partial charge in [0.05, 0.1) is 12.9 Å². The van der Waals surface area contributed by atoms with E-state index in [9.17, 15) is 14.2 Å². The Bertz CT molecular complexity index is 1040. The molecule has 2 aromatic heterocycles. The van der Waals surface area contributed by atoms with Crippen molar-refractivity contribution in [2.45, 2.75) is 59.3 Å². The monoisotopic (exact) mass is 533 g/mol. The highest BCUT2D eigenvalue weighted by Crippen LogP contribution is 2.48. The van der Waals surface area contributed by atoms with Crippen LogP contribution in [0.3, 0.4) is 0 Å². The van der Waals surface area contributed by atoms with Gasteiger partial charge in [0.15, 0.2) is 11.5 Å². The van der Waals surface area contributed by atoms with Crippen LogP contribution in [0.4, 0.5) is 15.4 Å². The van der Waals surface area contributed by atoms with E-state index in [2.05, 4.69) is 15.0 Å². The summed E-state index contributed by atoms with van der Waals surface area (Å²) in [7, 11) is -4.05. The third-order valence-corrected chi connectivity index (χ3v) is 5.28. The van der Waals surface area contributed by atoms with Crippen LogP contribution >= 0.6 is 7.60 Å². The number of hydrogen-bond acceptors (Lipinski definition) is 14. The Balaban J connectivity index is 1.91. The van der Waals surface area contributed by atoms with Crippen LogP contribution in [0, 0.1) is 0 Å². The topological polar surface area (TPSA) is 185 Å². The van der Waals surface area contributed by atoms with Crippen molar-refractivity contribution in [2.24, 2.45) is 0 Å². The number of carbonyl (C=O) groups excluding carboxylic acids is 2. The Morgan fingerprint density at radius 2 is 1.50 bits per heavy atom. The van der Waals surface area contributed by atoms with E-state index in [1.54, 1.807) is 46.1 Å². The first-order valence-electron chi connectivity index (χ1n) is 10.8. The lowest BCUT2D eigenvalue weighted by Gasteiger charge is -2.21. The van der Waals surface area contributed by atoms with Crippen LogP contribution in [0.2, 0.25) is 0 Å². The summed E-state index contributed by atoms with van der Waals surface area (Å²) in [6, 6.07) is 0. The largest absolute Gasteiger partial charge is 0.510 e. The molecule has 0 saturated carbocycles. The van der Waals surface area contributed by atoms with Crippen molar-refractivity contribution in [1.82, 2.24) is 19.5 Å². The number of ether oxygens (including phenoxy) is 5. The van der Waals surface area contributed by atoms with E-state index in [1.807, 2.05) is 0 Å². The molecule has 36 heavy (non-hydrogen) atoms. The van der Waals surface area contributed by atoms with Crippen molar-refractivity contribution in [2.75, 3.05) is 32.3 Å². The number of nitrogen functional groups attached to an aromatic ring is 1. The van der Waals surface area contributed by atoms with E-state index < -0.39 is 51.0 Å². The molecule has 0 saturated heterocycles. The number of nitrogens with zero attached hydrogens (tertiary/aromatic N) is 4. The minimum atomic E-state index is -4.05. The second-order valence-electron chi connectivity index (χ2n) is 9.23. The zero-order valence-corrected chi connectivity index (χ0v) is 22.0. The fourth-order valence-corrected chi connectivity index (χ4v) is 3.38. The molecule has 0 atom stereocenters. The van der Waals surface area contributed by atoms with Crippen molar-refractivity contribution in [3.05, 3.63) is 12.7 Å². The fraction of sp³-hybridized carbons (Fsp3) is 0.650. The molecule has 0 bridgehead atoms. The fourth-order valence-electron chi connectivity index (χ4n) is 2.38. The summed E-state index contributed by atoms with van der Waals surface area (Å²) < 4.78 is 49.9. The molecule has 2 heterocycles. The molecule has 0 aliphatic rings. The van der Waals surface area contributed by atoms with Gasteiger partial charge in [0.1, 0.15) is 29.4 Å². The molecule has 0 fully saturated rings. The van der Waals surface area contributed by atoms with Gasteiger partial charge in [-0.1, -0.05) is 0 Å². The Morgan fingerprint density at radius 1 is 0.944 bits per heavy atom. The molecule has 2 aromatic rings. The summed E-state index contributed by atoms with van der Waals surface area (Å²) in [6.45, 7) is 8.69. The molecule has 0 spiro atoms. The lowest BCUT2D eigenvalue weighted by atomic mass is 10.2. The second-order valence-corrected chi connectivity index (χ2v) is 11.2. The van der Waals surface area contributed by atoms with Gasteiger partial charge in [-0.15, -0.1) is 0 Å². The molecule has 0 aliphatic heterocycles. The van der Waals surface area contributed by atoms with Gasteiger partial charge in [0, 0.05) is 6.54 Å². The highest BCUT2D eigenvalue weighted by atomic mass is 31.2. The van der Waals surface area contributed by atoms with Gasteiger partial charge in [-0.25, -0.2) is 24.5 Å². The van der Waals surface area contributed by atoms with Crippen molar-refractivity contribution >= 4 is 36.9 Å². The molecule has 15 nitrogen and oxygen atoms in total. The molecule has 2 N–H and O–H groups in total. The van der Waals surface area contributed by atoms with Crippen LogP contribution in [-0.4, -0.2) is 69.6 Å². The Kier molecular flexibility index (Phi) is 9.99. The Labute approximate surface area is 208 Å². The van der Waals surface area contributed by atoms with Crippen molar-refractivity contribution in [3.8, 4) is 0 Å². The molecule has 0 radical (unpaired) electrons. The number of imidazole rings is 1. The Hall–Kier alpha value is -3.00. The lowest BCUT2D eigenvalue weighted by molar-refractivity contribution is -0.0539. The number of anilines is 1. The van der Waals surface area contributed by atoms with Crippen LogP contribution in [-0.2, 0) is 43.8 Å². The predicted molar refractivity (Wildman–Crippen MR) is 125 cm³/mol. The van der Waals surface area contributed by atoms with E-state index in [1.165, 1.54) is 12.7 Å². The van der Waals surface area contributed by atoms with Gasteiger partial charge in [0.2, 0.25) is 13.6 Å². The first-order valence-corrected chi connectivity index (χ1v) is 12.5. The molecule has 0 unspecified atom stereocenters. The van der Waals surface area contributed by atoms with Crippen LogP contribution in [0.25, 0.3) is 11.2 Å². The Morgan fingerprint density at radius 3 is 2.03 bits per heavy atom. The average molecular weight is 533 g/mol. The van der Waals surface area contributed by atoms with E-state index >= 15 is 0 Å². The summed E-state index contributed by atoms with van der Waals surface area (Å²) in [6.07, 6.45) is 0.199. The highest BCUT2D eigenvalue weighted by Gasteiger charge is 2.28. The molecular weight excluding hydrogens is 501 g/mol. The van der Waals surface area contributed by atoms with Gasteiger partial charge in [0.25, 0.3) is 0 Å². The summed E-state index contributed by atoms with van der Waals surface area (Å²) >= 11 is 0. The molecule has 0 aromatic carbocycles. The third-order valence-electron chi connectivity index (χ3n) is 3.79. The number of rotatable bonds is 11. The standard InChI is InChI=1S/C20H32N5O10P/c1-19(2,3)34-17(26)30-11-32-36(28,33-12-31-18(27)35-20(4,5)6)13-29-8-7-25-10-24-14-15(21)22-9-23-16(14)25/h9-10H,7-8,11-13H2,1-6H3,(H2,21,22,23). The third kappa shape index (κ3) is 10.3. The van der Waals surface area contributed by atoms with Crippen molar-refractivity contribution in [1.29, 1.82) is 0 Å². The SMILES string of the molecule is CC(C)(C)OC(=O)OCOP(=O)(COCCn1cnc2c(N)ncnc21)OCOC(=O)OC(C)(C)C. The van der Waals surface area contributed by atoms with Gasteiger partial charge >= 0.3 is 19.9 Å². The predicted octanol–water partition coefficient (Wildman–Crippen LogP) is 3.43. The lowest BCUT2D eigenvalue weighted by Crippen LogP contribution is -2.25. The number of aromatic nitrogens is 4. The molecular formula is C20H32N5O10P. The zero-order chi connectivity index (χ0) is 27.0. The number of fused-ring (bicyclic) bond motifs is 1. The van der Waals surface area contributed by atoms with Crippen LogP contribution in [0.5, 0.6) is 0 Å². The van der Waals surface area contributed by atoms with Gasteiger partial charge in [-0.2, -0.15) is 0 Å². The first-order chi connectivity index (χ1) is 16.7. The maximum Gasteiger partial charge on any atom is 0.510 e. The summed E-state index contributed by atoms with van der Waals surface area (Å²) in [4.78, 5) is 35.5. The van der Waals surface area contributed by atoms with Crippen LogP contribution < -0.4 is 5.73 Å². The zero-order valence-electron chi connectivity index (χ0n) is 21.1. The number of hydrogen-bond donors (Lipinski definition) is 1. The quantitative estimate of drug-likeness (QED) is 0.191. The van der Waals surface area contributed by atoms with E-state index in [0.717, 1.165) is 0 Å². The number of carbonyl (C=O) groups is 2. The van der Waals surface area contributed by atoms with E-state index in [4.69, 9.17) is 38.5 Å². The summed E-state index contributed by atoms with van der Waals surface area (Å²) in [5, 5.41) is 0. The van der Waals surface area contributed by atoms with Crippen molar-refractivity contribution in [3.63, 3.8) is 0 Å².